The van der Waals surface area contributed by atoms with Crippen molar-refractivity contribution in [1.82, 2.24) is 4.31 Å². The summed E-state index contributed by atoms with van der Waals surface area (Å²) in [7, 11) is -0.601. The maximum absolute atomic E-state index is 12.3. The zero-order valence-corrected chi connectivity index (χ0v) is 19.5. The van der Waals surface area contributed by atoms with Gasteiger partial charge in [0.2, 0.25) is 15.9 Å². The summed E-state index contributed by atoms with van der Waals surface area (Å²) in [6.07, 6.45) is 0.839. The third-order valence-electron chi connectivity index (χ3n) is 4.80. The Morgan fingerprint density at radius 2 is 1.70 bits per heavy atom. The Balaban J connectivity index is 1.88. The SMILES string of the molecule is Cc1ccc(S(=O)(=O)N(C)C)cc1NC(=O)CCCOc1ccc(C(C)(C)C)cc1. The average Bonchev–Trinajstić information content (AvgIpc) is 2.66. The molecule has 0 atom stereocenters. The molecule has 7 heteroatoms. The van der Waals surface area contributed by atoms with Crippen molar-refractivity contribution in [3.05, 3.63) is 53.6 Å². The first-order valence-corrected chi connectivity index (χ1v) is 11.4. The molecule has 0 bridgehead atoms. The quantitative estimate of drug-likeness (QED) is 0.630. The molecule has 0 fully saturated rings. The molecular formula is C23H32N2O4S. The second-order valence-electron chi connectivity index (χ2n) is 8.54. The van der Waals surface area contributed by atoms with Crippen molar-refractivity contribution >= 4 is 21.6 Å². The van der Waals surface area contributed by atoms with Gasteiger partial charge >= 0.3 is 0 Å². The van der Waals surface area contributed by atoms with E-state index < -0.39 is 10.0 Å². The maximum Gasteiger partial charge on any atom is 0.242 e. The number of nitrogens with zero attached hydrogens (tertiary/aromatic N) is 1. The Bertz CT molecular complexity index is 975. The Hall–Kier alpha value is -2.38. The van der Waals surface area contributed by atoms with E-state index in [-0.39, 0.29) is 22.6 Å². The second kappa shape index (κ2) is 9.62. The number of hydrogen-bond acceptors (Lipinski definition) is 4. The first-order valence-electron chi connectivity index (χ1n) is 9.97. The standard InChI is InChI=1S/C23H32N2O4S/c1-17-9-14-20(30(27,28)25(5)6)16-21(17)24-22(26)8-7-15-29-19-12-10-18(11-13-19)23(2,3)4/h9-14,16H,7-8,15H2,1-6H3,(H,24,26). The minimum atomic E-state index is -3.55. The molecule has 1 amide bonds. The van der Waals surface area contributed by atoms with E-state index in [1.54, 1.807) is 12.1 Å². The van der Waals surface area contributed by atoms with Crippen molar-refractivity contribution in [3.63, 3.8) is 0 Å². The number of carbonyl (C=O) groups is 1. The van der Waals surface area contributed by atoms with Crippen LogP contribution in [0.25, 0.3) is 0 Å². The second-order valence-corrected chi connectivity index (χ2v) is 10.7. The van der Waals surface area contributed by atoms with Gasteiger partial charge in [-0.15, -0.1) is 0 Å². The molecule has 0 heterocycles. The lowest BCUT2D eigenvalue weighted by molar-refractivity contribution is -0.116. The molecule has 6 nitrogen and oxygen atoms in total. The summed E-state index contributed by atoms with van der Waals surface area (Å²) in [5.74, 6) is 0.602. The molecule has 0 saturated carbocycles. The van der Waals surface area contributed by atoms with Crippen molar-refractivity contribution in [2.24, 2.45) is 0 Å². The Kier molecular flexibility index (Phi) is 7.66. The normalized spacial score (nSPS) is 12.1. The summed E-state index contributed by atoms with van der Waals surface area (Å²) in [6.45, 7) is 8.74. The summed E-state index contributed by atoms with van der Waals surface area (Å²) < 4.78 is 31.5. The number of carbonyl (C=O) groups excluding carboxylic acids is 1. The molecule has 0 radical (unpaired) electrons. The fraction of sp³-hybridized carbons (Fsp3) is 0.435. The van der Waals surface area contributed by atoms with Gasteiger partial charge < -0.3 is 10.1 Å². The number of hydrogen-bond donors (Lipinski definition) is 1. The van der Waals surface area contributed by atoms with Gasteiger partial charge in [-0.2, -0.15) is 0 Å². The highest BCUT2D eigenvalue weighted by atomic mass is 32.2. The summed E-state index contributed by atoms with van der Waals surface area (Å²) in [6, 6.07) is 12.7. The molecule has 0 aliphatic heterocycles. The van der Waals surface area contributed by atoms with Crippen LogP contribution in [0.1, 0.15) is 44.7 Å². The highest BCUT2D eigenvalue weighted by molar-refractivity contribution is 7.89. The highest BCUT2D eigenvalue weighted by Crippen LogP contribution is 2.25. The lowest BCUT2D eigenvalue weighted by Gasteiger charge is -2.19. The van der Waals surface area contributed by atoms with Crippen LogP contribution in [0.15, 0.2) is 47.4 Å². The molecule has 0 spiro atoms. The third kappa shape index (κ3) is 6.31. The van der Waals surface area contributed by atoms with Gasteiger partial charge in [0.05, 0.1) is 11.5 Å². The van der Waals surface area contributed by atoms with Crippen LogP contribution >= 0.6 is 0 Å². The van der Waals surface area contributed by atoms with E-state index >= 15 is 0 Å². The van der Waals surface area contributed by atoms with E-state index in [1.165, 1.54) is 25.7 Å². The van der Waals surface area contributed by atoms with E-state index in [4.69, 9.17) is 4.74 Å². The molecule has 0 aliphatic rings. The van der Waals surface area contributed by atoms with Crippen LogP contribution in [0, 0.1) is 6.92 Å². The first-order chi connectivity index (χ1) is 13.9. The summed E-state index contributed by atoms with van der Waals surface area (Å²) >= 11 is 0. The summed E-state index contributed by atoms with van der Waals surface area (Å²) in [4.78, 5) is 12.4. The monoisotopic (exact) mass is 432 g/mol. The predicted octanol–water partition coefficient (Wildman–Crippen LogP) is 4.34. The van der Waals surface area contributed by atoms with E-state index in [0.717, 1.165) is 15.6 Å². The molecule has 0 saturated heterocycles. The van der Waals surface area contributed by atoms with Gasteiger partial charge in [-0.3, -0.25) is 4.79 Å². The maximum atomic E-state index is 12.3. The van der Waals surface area contributed by atoms with Gasteiger partial charge in [-0.05, 0) is 54.2 Å². The number of benzene rings is 2. The van der Waals surface area contributed by atoms with Crippen LogP contribution in [0.5, 0.6) is 5.75 Å². The largest absolute Gasteiger partial charge is 0.494 e. The molecule has 30 heavy (non-hydrogen) atoms. The molecule has 2 aromatic carbocycles. The van der Waals surface area contributed by atoms with E-state index in [0.29, 0.717) is 18.7 Å². The fourth-order valence-electron chi connectivity index (χ4n) is 2.79. The van der Waals surface area contributed by atoms with Crippen LogP contribution in [0.3, 0.4) is 0 Å². The van der Waals surface area contributed by atoms with Crippen molar-refractivity contribution in [2.75, 3.05) is 26.0 Å². The molecule has 0 aromatic heterocycles. The number of amides is 1. The minimum Gasteiger partial charge on any atom is -0.494 e. The first kappa shape index (κ1) is 23.9. The Morgan fingerprint density at radius 1 is 1.07 bits per heavy atom. The van der Waals surface area contributed by atoms with E-state index in [2.05, 4.69) is 38.2 Å². The summed E-state index contributed by atoms with van der Waals surface area (Å²) in [5.41, 5.74) is 2.64. The Labute approximate surface area is 180 Å². The fourth-order valence-corrected chi connectivity index (χ4v) is 3.72. The molecule has 2 rings (SSSR count). The van der Waals surface area contributed by atoms with Gasteiger partial charge in [0.1, 0.15) is 5.75 Å². The molecule has 2 aromatic rings. The number of rotatable bonds is 8. The number of anilines is 1. The number of nitrogens with one attached hydrogen (secondary N) is 1. The van der Waals surface area contributed by atoms with Crippen LogP contribution in [0.2, 0.25) is 0 Å². The lowest BCUT2D eigenvalue weighted by Crippen LogP contribution is -2.22. The molecule has 0 unspecified atom stereocenters. The average molecular weight is 433 g/mol. The molecule has 164 valence electrons. The predicted molar refractivity (Wildman–Crippen MR) is 121 cm³/mol. The smallest absolute Gasteiger partial charge is 0.242 e. The van der Waals surface area contributed by atoms with Crippen molar-refractivity contribution in [1.29, 1.82) is 0 Å². The number of sulfonamides is 1. The van der Waals surface area contributed by atoms with E-state index in [1.807, 2.05) is 19.1 Å². The van der Waals surface area contributed by atoms with Crippen LogP contribution in [0.4, 0.5) is 5.69 Å². The number of ether oxygens (including phenoxy) is 1. The van der Waals surface area contributed by atoms with Crippen LogP contribution < -0.4 is 10.1 Å². The highest BCUT2D eigenvalue weighted by Gasteiger charge is 2.18. The third-order valence-corrected chi connectivity index (χ3v) is 6.61. The molecule has 1 N–H and O–H groups in total. The van der Waals surface area contributed by atoms with Crippen molar-refractivity contribution in [2.45, 2.75) is 50.8 Å². The minimum absolute atomic E-state index is 0.0952. The zero-order valence-electron chi connectivity index (χ0n) is 18.7. The van der Waals surface area contributed by atoms with Gasteiger partial charge in [0.15, 0.2) is 0 Å². The zero-order chi connectivity index (χ0) is 22.5. The summed E-state index contributed by atoms with van der Waals surface area (Å²) in [5, 5.41) is 2.81. The number of aryl methyl sites for hydroxylation is 1. The van der Waals surface area contributed by atoms with Crippen molar-refractivity contribution in [3.8, 4) is 5.75 Å². The van der Waals surface area contributed by atoms with Gasteiger partial charge in [-0.25, -0.2) is 12.7 Å². The molecule has 0 aliphatic carbocycles. The van der Waals surface area contributed by atoms with Gasteiger partial charge in [-0.1, -0.05) is 39.0 Å². The Morgan fingerprint density at radius 3 is 2.27 bits per heavy atom. The van der Waals surface area contributed by atoms with Crippen LogP contribution in [-0.4, -0.2) is 39.3 Å². The van der Waals surface area contributed by atoms with Gasteiger partial charge in [0, 0.05) is 26.2 Å². The van der Waals surface area contributed by atoms with Crippen molar-refractivity contribution < 1.29 is 17.9 Å². The van der Waals surface area contributed by atoms with Crippen LogP contribution in [-0.2, 0) is 20.2 Å². The van der Waals surface area contributed by atoms with Gasteiger partial charge in [0.25, 0.3) is 0 Å². The molecular weight excluding hydrogens is 400 g/mol. The van der Waals surface area contributed by atoms with E-state index in [9.17, 15) is 13.2 Å². The lowest BCUT2D eigenvalue weighted by atomic mass is 9.87. The topological polar surface area (TPSA) is 75.7 Å².